The van der Waals surface area contributed by atoms with Crippen molar-refractivity contribution in [1.29, 1.82) is 0 Å². The van der Waals surface area contributed by atoms with Crippen LogP contribution in [0.25, 0.3) is 0 Å². The number of ether oxygens (including phenoxy) is 1. The van der Waals surface area contributed by atoms with Crippen LogP contribution in [0.2, 0.25) is 0 Å². The van der Waals surface area contributed by atoms with Crippen LogP contribution < -0.4 is 4.74 Å². The Hall–Kier alpha value is -1.92. The number of benzene rings is 2. The Labute approximate surface area is 124 Å². The van der Waals surface area contributed by atoms with E-state index in [1.807, 2.05) is 0 Å². The van der Waals surface area contributed by atoms with Gasteiger partial charge in [0.25, 0.3) is 5.69 Å². The molecule has 0 aromatic heterocycles. The third-order valence-electron chi connectivity index (χ3n) is 2.66. The number of nitrogens with zero attached hydrogens (tertiary/aromatic N) is 1. The molecular formula is C14H12BrNO4. The van der Waals surface area contributed by atoms with Gasteiger partial charge in [0.2, 0.25) is 0 Å². The zero-order valence-corrected chi connectivity index (χ0v) is 12.2. The highest BCUT2D eigenvalue weighted by molar-refractivity contribution is 9.10. The number of aliphatic hydroxyl groups is 1. The molecule has 2 rings (SSSR count). The average Bonchev–Trinajstić information content (AvgIpc) is 2.38. The Morgan fingerprint density at radius 2 is 2.00 bits per heavy atom. The normalized spacial score (nSPS) is 11.9. The quantitative estimate of drug-likeness (QED) is 0.670. The van der Waals surface area contributed by atoms with Crippen LogP contribution in [-0.2, 0) is 0 Å². The van der Waals surface area contributed by atoms with Crippen molar-refractivity contribution in [2.75, 3.05) is 0 Å². The van der Waals surface area contributed by atoms with E-state index in [0.717, 1.165) is 0 Å². The zero-order valence-electron chi connectivity index (χ0n) is 10.6. The predicted octanol–water partition coefficient (Wildman–Crippen LogP) is 4.20. The molecule has 20 heavy (non-hydrogen) atoms. The highest BCUT2D eigenvalue weighted by Gasteiger charge is 2.13. The molecule has 5 nitrogen and oxygen atoms in total. The van der Waals surface area contributed by atoms with Gasteiger partial charge in [0, 0.05) is 16.1 Å². The number of nitro groups is 1. The van der Waals surface area contributed by atoms with Crippen LogP contribution >= 0.6 is 15.9 Å². The third-order valence-corrected chi connectivity index (χ3v) is 3.12. The minimum absolute atomic E-state index is 0.0658. The molecule has 0 radical (unpaired) electrons. The van der Waals surface area contributed by atoms with Crippen molar-refractivity contribution in [2.24, 2.45) is 0 Å². The van der Waals surface area contributed by atoms with Crippen molar-refractivity contribution in [1.82, 2.24) is 0 Å². The van der Waals surface area contributed by atoms with Crippen LogP contribution in [-0.4, -0.2) is 10.0 Å². The number of para-hydroxylation sites is 1. The zero-order chi connectivity index (χ0) is 14.7. The Morgan fingerprint density at radius 3 is 2.65 bits per heavy atom. The average molecular weight is 338 g/mol. The van der Waals surface area contributed by atoms with Crippen molar-refractivity contribution in [3.63, 3.8) is 0 Å². The van der Waals surface area contributed by atoms with E-state index >= 15 is 0 Å². The fraction of sp³-hybridized carbons (Fsp3) is 0.143. The lowest BCUT2D eigenvalue weighted by Gasteiger charge is -2.13. The number of hydrogen-bond acceptors (Lipinski definition) is 4. The Balaban J connectivity index is 2.37. The molecule has 0 aliphatic carbocycles. The minimum Gasteiger partial charge on any atom is -0.457 e. The first-order chi connectivity index (χ1) is 9.47. The molecule has 1 atom stereocenters. The van der Waals surface area contributed by atoms with Crippen molar-refractivity contribution < 1.29 is 14.8 Å². The molecule has 0 saturated heterocycles. The van der Waals surface area contributed by atoms with Crippen molar-refractivity contribution in [2.45, 2.75) is 13.0 Å². The van der Waals surface area contributed by atoms with Gasteiger partial charge in [-0.15, -0.1) is 0 Å². The second kappa shape index (κ2) is 6.02. The van der Waals surface area contributed by atoms with Crippen LogP contribution in [0.5, 0.6) is 11.5 Å². The molecule has 104 valence electrons. The summed E-state index contributed by atoms with van der Waals surface area (Å²) >= 11 is 3.21. The first-order valence-electron chi connectivity index (χ1n) is 5.87. The van der Waals surface area contributed by atoms with Gasteiger partial charge in [0.1, 0.15) is 11.5 Å². The summed E-state index contributed by atoms with van der Waals surface area (Å²) in [6, 6.07) is 11.4. The lowest BCUT2D eigenvalue weighted by Crippen LogP contribution is -1.96. The van der Waals surface area contributed by atoms with Crippen LogP contribution in [0.4, 0.5) is 5.69 Å². The monoisotopic (exact) mass is 337 g/mol. The molecule has 0 bridgehead atoms. The molecule has 1 N–H and O–H groups in total. The molecule has 0 aliphatic rings. The Kier molecular flexibility index (Phi) is 4.36. The van der Waals surface area contributed by atoms with Crippen molar-refractivity contribution in [3.8, 4) is 11.5 Å². The molecule has 2 aromatic rings. The number of rotatable bonds is 4. The van der Waals surface area contributed by atoms with Gasteiger partial charge in [-0.25, -0.2) is 0 Å². The second-order valence-corrected chi connectivity index (χ2v) is 5.13. The molecule has 0 amide bonds. The number of halogens is 1. The molecule has 0 unspecified atom stereocenters. The summed E-state index contributed by atoms with van der Waals surface area (Å²) in [5, 5.41) is 20.5. The molecule has 0 spiro atoms. The molecule has 6 heteroatoms. The van der Waals surface area contributed by atoms with Gasteiger partial charge in [-0.05, 0) is 19.1 Å². The van der Waals surface area contributed by atoms with Crippen molar-refractivity contribution >= 4 is 21.6 Å². The van der Waals surface area contributed by atoms with E-state index in [4.69, 9.17) is 4.74 Å². The standard InChI is InChI=1S/C14H12BrNO4/c1-9(17)13-4-2-3-5-14(13)20-12-7-10(15)6-11(8-12)16(18)19/h2-9,17H,1H3/t9-/m0/s1. The molecule has 0 aliphatic heterocycles. The summed E-state index contributed by atoms with van der Waals surface area (Å²) in [6.45, 7) is 1.63. The summed E-state index contributed by atoms with van der Waals surface area (Å²) in [7, 11) is 0. The highest BCUT2D eigenvalue weighted by Crippen LogP contribution is 2.33. The molecule has 0 saturated carbocycles. The van der Waals surface area contributed by atoms with Gasteiger partial charge >= 0.3 is 0 Å². The summed E-state index contributed by atoms with van der Waals surface area (Å²) in [5.74, 6) is 0.800. The largest absolute Gasteiger partial charge is 0.457 e. The summed E-state index contributed by atoms with van der Waals surface area (Å²) in [4.78, 5) is 10.3. The van der Waals surface area contributed by atoms with E-state index in [0.29, 0.717) is 21.5 Å². The Bertz CT molecular complexity index is 643. The smallest absolute Gasteiger partial charge is 0.274 e. The van der Waals surface area contributed by atoms with E-state index in [1.165, 1.54) is 12.1 Å². The number of nitro benzene ring substituents is 1. The minimum atomic E-state index is -0.687. The maximum atomic E-state index is 10.8. The second-order valence-electron chi connectivity index (χ2n) is 4.22. The molecular weight excluding hydrogens is 326 g/mol. The predicted molar refractivity (Wildman–Crippen MR) is 77.9 cm³/mol. The highest BCUT2D eigenvalue weighted by atomic mass is 79.9. The topological polar surface area (TPSA) is 72.6 Å². The fourth-order valence-electron chi connectivity index (χ4n) is 1.76. The number of non-ortho nitro benzene ring substituents is 1. The van der Waals surface area contributed by atoms with Crippen LogP contribution in [0.1, 0.15) is 18.6 Å². The first kappa shape index (κ1) is 14.5. The van der Waals surface area contributed by atoms with Crippen LogP contribution in [0, 0.1) is 10.1 Å². The van der Waals surface area contributed by atoms with E-state index in [-0.39, 0.29) is 5.69 Å². The first-order valence-corrected chi connectivity index (χ1v) is 6.66. The lowest BCUT2D eigenvalue weighted by molar-refractivity contribution is -0.385. The van der Waals surface area contributed by atoms with Gasteiger partial charge in [0.15, 0.2) is 0 Å². The van der Waals surface area contributed by atoms with Gasteiger partial charge in [-0.3, -0.25) is 10.1 Å². The summed E-state index contributed by atoms with van der Waals surface area (Å²) in [5.41, 5.74) is 0.555. The van der Waals surface area contributed by atoms with E-state index < -0.39 is 11.0 Å². The number of hydrogen-bond donors (Lipinski definition) is 1. The fourth-order valence-corrected chi connectivity index (χ4v) is 2.22. The van der Waals surface area contributed by atoms with Gasteiger partial charge in [0.05, 0.1) is 17.1 Å². The number of aliphatic hydroxyl groups excluding tert-OH is 1. The SMILES string of the molecule is C[C@H](O)c1ccccc1Oc1cc(Br)cc([N+](=O)[O-])c1. The van der Waals surface area contributed by atoms with Crippen molar-refractivity contribution in [3.05, 3.63) is 62.6 Å². The van der Waals surface area contributed by atoms with Crippen LogP contribution in [0.15, 0.2) is 46.9 Å². The lowest BCUT2D eigenvalue weighted by atomic mass is 10.1. The molecule has 0 heterocycles. The van der Waals surface area contributed by atoms with Gasteiger partial charge in [-0.2, -0.15) is 0 Å². The maximum absolute atomic E-state index is 10.8. The van der Waals surface area contributed by atoms with Gasteiger partial charge < -0.3 is 9.84 Å². The summed E-state index contributed by atoms with van der Waals surface area (Å²) < 4.78 is 6.20. The summed E-state index contributed by atoms with van der Waals surface area (Å²) in [6.07, 6.45) is -0.687. The van der Waals surface area contributed by atoms with E-state index in [2.05, 4.69) is 15.9 Å². The molecule has 2 aromatic carbocycles. The van der Waals surface area contributed by atoms with E-state index in [9.17, 15) is 15.2 Å². The van der Waals surface area contributed by atoms with Gasteiger partial charge in [-0.1, -0.05) is 34.1 Å². The molecule has 0 fully saturated rings. The Morgan fingerprint density at radius 1 is 1.30 bits per heavy atom. The van der Waals surface area contributed by atoms with E-state index in [1.54, 1.807) is 37.3 Å². The van der Waals surface area contributed by atoms with Crippen LogP contribution in [0.3, 0.4) is 0 Å². The third kappa shape index (κ3) is 3.34. The maximum Gasteiger partial charge on any atom is 0.274 e.